The Balaban J connectivity index is -0.000000125. The third-order valence-corrected chi connectivity index (χ3v) is 3.38. The van der Waals surface area contributed by atoms with E-state index in [4.69, 9.17) is 15.3 Å². The van der Waals surface area contributed by atoms with Crippen LogP contribution in [0.1, 0.15) is 32.8 Å². The topological polar surface area (TPSA) is 111 Å². The number of halogens is 1. The maximum atomic E-state index is 10.4. The quantitative estimate of drug-likeness (QED) is 0.0943. The molecule has 0 saturated carbocycles. The number of carbonyl (C=O) groups is 2. The molecule has 2 aromatic rings. The smallest absolute Gasteiger partial charge is 1.00 e. The van der Waals surface area contributed by atoms with Crippen molar-refractivity contribution in [1.82, 2.24) is 5.32 Å². The first-order valence-electron chi connectivity index (χ1n) is 9.12. The summed E-state index contributed by atoms with van der Waals surface area (Å²) >= 11 is 3.12. The van der Waals surface area contributed by atoms with Gasteiger partial charge in [-0.3, -0.25) is 9.59 Å². The van der Waals surface area contributed by atoms with Gasteiger partial charge in [-0.1, -0.05) is 76.6 Å². The average molecular weight is 560 g/mol. The molecule has 0 fully saturated rings. The Morgan fingerprint density at radius 1 is 1.09 bits per heavy atom. The predicted octanol–water partition coefficient (Wildman–Crippen LogP) is -2.60. The molecule has 0 heterocycles. The molecule has 32 heavy (non-hydrogen) atoms. The van der Waals surface area contributed by atoms with Gasteiger partial charge in [0.05, 0.1) is 19.1 Å². The summed E-state index contributed by atoms with van der Waals surface area (Å²) in [6, 6.07) is 22.7. The molecule has 10 heteroatoms. The second-order valence-corrected chi connectivity index (χ2v) is 6.03. The molecule has 0 spiro atoms. The summed E-state index contributed by atoms with van der Waals surface area (Å²) in [6.45, 7) is 5.38. The molecule has 0 atom stereocenters. The number of nitriles is 1. The van der Waals surface area contributed by atoms with Crippen molar-refractivity contribution < 1.29 is 129 Å². The molecule has 2 aromatic carbocycles. The van der Waals surface area contributed by atoms with E-state index in [9.17, 15) is 4.79 Å². The van der Waals surface area contributed by atoms with Gasteiger partial charge in [-0.05, 0) is 18.1 Å². The Morgan fingerprint density at radius 2 is 1.47 bits per heavy atom. The van der Waals surface area contributed by atoms with Crippen LogP contribution in [0.4, 0.5) is 0 Å². The first-order valence-corrected chi connectivity index (χ1v) is 10.2. The van der Waals surface area contributed by atoms with E-state index in [2.05, 4.69) is 79.4 Å². The van der Waals surface area contributed by atoms with Crippen molar-refractivity contribution in [1.29, 1.82) is 5.26 Å². The van der Waals surface area contributed by atoms with E-state index >= 15 is 0 Å². The zero-order chi connectivity index (χ0) is 22.9. The van der Waals surface area contributed by atoms with Gasteiger partial charge >= 0.3 is 109 Å². The Labute approximate surface area is 286 Å². The van der Waals surface area contributed by atoms with Crippen LogP contribution in [0.25, 0.3) is 0 Å². The molecule has 0 bridgehead atoms. The summed E-state index contributed by atoms with van der Waals surface area (Å²) in [7, 11) is 0. The molecule has 0 aliphatic carbocycles. The molecule has 1 N–H and O–H groups in total. The van der Waals surface area contributed by atoms with Crippen molar-refractivity contribution in [2.24, 2.45) is 0 Å². The summed E-state index contributed by atoms with van der Waals surface area (Å²) in [5.74, 6) is -0.135. The van der Waals surface area contributed by atoms with Gasteiger partial charge in [0.25, 0.3) is 6.47 Å². The molecule has 0 saturated heterocycles. The van der Waals surface area contributed by atoms with Crippen LogP contribution >= 0.6 is 15.9 Å². The van der Waals surface area contributed by atoms with Gasteiger partial charge in [0.15, 0.2) is 0 Å². The zero-order valence-electron chi connectivity index (χ0n) is 20.3. The largest absolute Gasteiger partial charge is 1.00 e. The second-order valence-electron chi connectivity index (χ2n) is 5.23. The van der Waals surface area contributed by atoms with E-state index < -0.39 is 0 Å². The molecular weight excluding hydrogens is 530 g/mol. The van der Waals surface area contributed by atoms with Crippen molar-refractivity contribution in [3.63, 3.8) is 0 Å². The molecule has 2 rings (SSSR count). The number of esters is 1. The fourth-order valence-corrected chi connectivity index (χ4v) is 2.18. The number of nitrogens with zero attached hydrogens (tertiary/aromatic N) is 1. The fraction of sp³-hybridized carbons (Fsp3) is 0.318. The van der Waals surface area contributed by atoms with E-state index in [0.29, 0.717) is 18.4 Å². The van der Waals surface area contributed by atoms with Gasteiger partial charge in [0.1, 0.15) is 0 Å². The summed E-state index contributed by atoms with van der Waals surface area (Å²) in [5, 5.41) is 19.9. The van der Waals surface area contributed by atoms with Crippen molar-refractivity contribution >= 4 is 28.4 Å². The third kappa shape index (κ3) is 30.5. The van der Waals surface area contributed by atoms with Gasteiger partial charge in [0, 0.05) is 25.3 Å². The standard InChI is InChI=1S/C14H15N.C5H9BrO2.C2H3N.CH2O3.2K.H/c1-3-7-13(8-4-1)11-15-12-14-9-5-2-6-10-14;1-2-8-5(7)3-4-6;1-2-3;2-1-4-3;;;/h1-10,15H,11-12H2;2-4H2,1H3;1H3;1,3H;;;/q;;;;2*+1;-1/p-1. The Kier molecular flexibility index (Phi) is 41.9. The van der Waals surface area contributed by atoms with Crippen molar-refractivity contribution in [3.8, 4) is 6.07 Å². The van der Waals surface area contributed by atoms with Crippen LogP contribution < -0.4 is 113 Å². The molecule has 0 radical (unpaired) electrons. The molecule has 0 aromatic heterocycles. The Hall–Kier alpha value is 0.543. The third-order valence-electron chi connectivity index (χ3n) is 2.99. The Morgan fingerprint density at radius 3 is 1.75 bits per heavy atom. The maximum absolute atomic E-state index is 10.4. The van der Waals surface area contributed by atoms with Crippen LogP contribution in [-0.4, -0.2) is 24.4 Å². The minimum absolute atomic E-state index is 0. The summed E-state index contributed by atoms with van der Waals surface area (Å²) < 4.78 is 4.61. The number of ether oxygens (including phenoxy) is 1. The number of benzene rings is 2. The molecular formula is C22H29BrK2N2O5. The van der Waals surface area contributed by atoms with E-state index in [1.54, 1.807) is 13.0 Å². The van der Waals surface area contributed by atoms with Crippen molar-refractivity contribution in [2.75, 3.05) is 11.9 Å². The first kappa shape index (κ1) is 39.7. The molecule has 0 amide bonds. The van der Waals surface area contributed by atoms with Gasteiger partial charge < -0.3 is 21.6 Å². The SMILES string of the molecule is CC#N.CCOC(=O)CCBr.O=CO[O-].[H-].[K+].[K+].c1ccc(CNCc2ccccc2)cc1. The van der Waals surface area contributed by atoms with E-state index in [-0.39, 0.29) is 117 Å². The maximum Gasteiger partial charge on any atom is 1.00 e. The van der Waals surface area contributed by atoms with Gasteiger partial charge in [-0.15, -0.1) is 0 Å². The summed E-state index contributed by atoms with van der Waals surface area (Å²) in [4.78, 5) is 21.6. The number of hydrogen-bond acceptors (Lipinski definition) is 7. The van der Waals surface area contributed by atoms with Gasteiger partial charge in [-0.25, -0.2) is 0 Å². The number of carbonyl (C=O) groups excluding carboxylic acids is 2. The van der Waals surface area contributed by atoms with Crippen LogP contribution in [0, 0.1) is 11.3 Å². The average Bonchev–Trinajstić information content (AvgIpc) is 2.77. The van der Waals surface area contributed by atoms with Crippen molar-refractivity contribution in [2.45, 2.75) is 33.4 Å². The summed E-state index contributed by atoms with van der Waals surface area (Å²) in [6.07, 6.45) is 0.466. The Bertz CT molecular complexity index is 649. The summed E-state index contributed by atoms with van der Waals surface area (Å²) in [5.41, 5.74) is 2.65. The predicted molar refractivity (Wildman–Crippen MR) is 118 cm³/mol. The molecule has 7 nitrogen and oxygen atoms in total. The van der Waals surface area contributed by atoms with Crippen LogP contribution in [0.5, 0.6) is 0 Å². The van der Waals surface area contributed by atoms with Crippen LogP contribution in [-0.2, 0) is 32.3 Å². The van der Waals surface area contributed by atoms with Gasteiger partial charge in [0.2, 0.25) is 0 Å². The normalized spacial score (nSPS) is 7.84. The van der Waals surface area contributed by atoms with E-state index in [0.717, 1.165) is 13.1 Å². The monoisotopic (exact) mass is 558 g/mol. The first-order chi connectivity index (χ1) is 14.6. The van der Waals surface area contributed by atoms with E-state index in [1.807, 2.05) is 12.1 Å². The van der Waals surface area contributed by atoms with Crippen LogP contribution in [0.3, 0.4) is 0 Å². The number of nitrogens with one attached hydrogen (secondary N) is 1. The number of rotatable bonds is 8. The molecule has 0 unspecified atom stereocenters. The minimum Gasteiger partial charge on any atom is -1.00 e. The van der Waals surface area contributed by atoms with Crippen LogP contribution in [0.2, 0.25) is 0 Å². The number of hydrogen-bond donors (Lipinski definition) is 1. The second kappa shape index (κ2) is 33.7. The molecule has 166 valence electrons. The minimum atomic E-state index is -0.181. The number of alkyl halides is 1. The van der Waals surface area contributed by atoms with Gasteiger partial charge in [-0.2, -0.15) is 5.26 Å². The van der Waals surface area contributed by atoms with Crippen molar-refractivity contribution in [3.05, 3.63) is 71.8 Å². The fourth-order valence-electron chi connectivity index (χ4n) is 1.85. The zero-order valence-corrected chi connectivity index (χ0v) is 27.1. The van der Waals surface area contributed by atoms with E-state index in [1.165, 1.54) is 18.1 Å². The van der Waals surface area contributed by atoms with Crippen LogP contribution in [0.15, 0.2) is 60.7 Å². The molecule has 0 aliphatic heterocycles. The molecule has 0 aliphatic rings.